The van der Waals surface area contributed by atoms with Gasteiger partial charge in [0.2, 0.25) is 5.88 Å². The van der Waals surface area contributed by atoms with Crippen LogP contribution in [0.4, 0.5) is 5.88 Å². The number of ether oxygens (including phenoxy) is 1. The number of aryl methyl sites for hydroxylation is 1. The van der Waals surface area contributed by atoms with Crippen LogP contribution in [0.5, 0.6) is 5.75 Å². The summed E-state index contributed by atoms with van der Waals surface area (Å²) in [5.74, 6) is 1.82. The summed E-state index contributed by atoms with van der Waals surface area (Å²) in [6.07, 6.45) is 1.66. The van der Waals surface area contributed by atoms with Crippen LogP contribution in [0.15, 0.2) is 33.7 Å². The molecule has 1 aromatic carbocycles. The quantitative estimate of drug-likeness (QED) is 0.790. The van der Waals surface area contributed by atoms with Gasteiger partial charge in [-0.1, -0.05) is 12.1 Å². The van der Waals surface area contributed by atoms with Crippen LogP contribution in [0.2, 0.25) is 0 Å². The minimum absolute atomic E-state index is 0.341. The number of nitrogens with zero attached hydrogens (tertiary/aromatic N) is 2. The van der Waals surface area contributed by atoms with E-state index in [-0.39, 0.29) is 0 Å². The van der Waals surface area contributed by atoms with Crippen LogP contribution in [0.3, 0.4) is 0 Å². The largest absolute Gasteiger partial charge is 0.493 e. The molecule has 4 nitrogen and oxygen atoms in total. The Morgan fingerprint density at radius 3 is 2.80 bits per heavy atom. The summed E-state index contributed by atoms with van der Waals surface area (Å²) in [5.41, 5.74) is 2.16. The lowest BCUT2D eigenvalue weighted by Crippen LogP contribution is -1.95. The lowest BCUT2D eigenvalue weighted by molar-refractivity contribution is 0.340. The van der Waals surface area contributed by atoms with Crippen molar-refractivity contribution in [2.24, 2.45) is 4.99 Å². The highest BCUT2D eigenvalue weighted by Gasteiger charge is 2.13. The molecule has 0 aliphatic carbocycles. The molecule has 102 valence electrons. The smallest absolute Gasteiger partial charge is 0.237 e. The lowest BCUT2D eigenvalue weighted by Gasteiger charge is -2.05. The van der Waals surface area contributed by atoms with Gasteiger partial charge in [0, 0.05) is 17.3 Å². The zero-order valence-corrected chi connectivity index (χ0v) is 11.8. The maximum absolute atomic E-state index is 9.14. The van der Waals surface area contributed by atoms with Gasteiger partial charge >= 0.3 is 0 Å². The van der Waals surface area contributed by atoms with Crippen LogP contribution < -0.4 is 4.74 Å². The molecule has 0 aliphatic heterocycles. The summed E-state index contributed by atoms with van der Waals surface area (Å²) >= 11 is 0. The second-order valence-electron chi connectivity index (χ2n) is 4.30. The lowest BCUT2D eigenvalue weighted by atomic mass is 10.2. The van der Waals surface area contributed by atoms with Gasteiger partial charge in [0.15, 0.2) is 0 Å². The molecule has 20 heavy (non-hydrogen) atoms. The fourth-order valence-electron chi connectivity index (χ4n) is 1.83. The first-order valence-electron chi connectivity index (χ1n) is 6.43. The Hall–Kier alpha value is -2.54. The van der Waals surface area contributed by atoms with E-state index in [0.717, 1.165) is 16.9 Å². The third-order valence-corrected chi connectivity index (χ3v) is 3.02. The molecule has 0 saturated heterocycles. The average Bonchev–Trinajstić information content (AvgIpc) is 2.73. The summed E-state index contributed by atoms with van der Waals surface area (Å²) in [6, 6.07) is 9.73. The Labute approximate surface area is 118 Å². The summed E-state index contributed by atoms with van der Waals surface area (Å²) < 4.78 is 11.0. The third-order valence-electron chi connectivity index (χ3n) is 3.02. The first kappa shape index (κ1) is 13.9. The molecular formula is C16H16N2O2. The Bertz CT molecular complexity index is 678. The van der Waals surface area contributed by atoms with Crippen LogP contribution in [0.1, 0.15) is 29.4 Å². The van der Waals surface area contributed by atoms with Crippen molar-refractivity contribution in [1.29, 1.82) is 5.26 Å². The number of para-hydroxylation sites is 1. The predicted molar refractivity (Wildman–Crippen MR) is 77.8 cm³/mol. The van der Waals surface area contributed by atoms with Gasteiger partial charge in [0.05, 0.1) is 6.61 Å². The SMILES string of the molecule is CCOc1ccccc1C=Nc1oc(C)c(C)c1C#N. The minimum Gasteiger partial charge on any atom is -0.493 e. The Morgan fingerprint density at radius 2 is 2.10 bits per heavy atom. The van der Waals surface area contributed by atoms with Crippen LogP contribution >= 0.6 is 0 Å². The van der Waals surface area contributed by atoms with Crippen LogP contribution in [-0.2, 0) is 0 Å². The number of hydrogen-bond acceptors (Lipinski definition) is 4. The van der Waals surface area contributed by atoms with Gasteiger partial charge in [-0.05, 0) is 32.9 Å². The van der Waals surface area contributed by atoms with Crippen molar-refractivity contribution in [3.8, 4) is 11.8 Å². The van der Waals surface area contributed by atoms with Gasteiger partial charge in [0.25, 0.3) is 0 Å². The van der Waals surface area contributed by atoms with Crippen LogP contribution in [0, 0.1) is 25.2 Å². The van der Waals surface area contributed by atoms with Crippen molar-refractivity contribution in [3.05, 3.63) is 46.7 Å². The zero-order valence-electron chi connectivity index (χ0n) is 11.8. The molecule has 0 unspecified atom stereocenters. The number of nitriles is 1. The van der Waals surface area contributed by atoms with Gasteiger partial charge in [-0.15, -0.1) is 0 Å². The Kier molecular flexibility index (Phi) is 4.21. The van der Waals surface area contributed by atoms with Gasteiger partial charge in [0.1, 0.15) is 23.1 Å². The van der Waals surface area contributed by atoms with Gasteiger partial charge in [-0.2, -0.15) is 5.26 Å². The highest BCUT2D eigenvalue weighted by atomic mass is 16.5. The van der Waals surface area contributed by atoms with E-state index in [1.54, 1.807) is 6.21 Å². The number of furan rings is 1. The fraction of sp³-hybridized carbons (Fsp3) is 0.250. The fourth-order valence-corrected chi connectivity index (χ4v) is 1.83. The second-order valence-corrected chi connectivity index (χ2v) is 4.30. The zero-order chi connectivity index (χ0) is 14.5. The first-order chi connectivity index (χ1) is 9.67. The number of rotatable bonds is 4. The average molecular weight is 268 g/mol. The van der Waals surface area contributed by atoms with Crippen LogP contribution in [0.25, 0.3) is 0 Å². The van der Waals surface area contributed by atoms with Crippen molar-refractivity contribution in [3.63, 3.8) is 0 Å². The molecule has 0 radical (unpaired) electrons. The molecule has 2 rings (SSSR count). The van der Waals surface area contributed by atoms with E-state index in [9.17, 15) is 0 Å². The summed E-state index contributed by atoms with van der Waals surface area (Å²) in [5, 5.41) is 9.14. The molecule has 1 heterocycles. The predicted octanol–water partition coefficient (Wildman–Crippen LogP) is 3.92. The van der Waals surface area contributed by atoms with Crippen molar-refractivity contribution >= 4 is 12.1 Å². The second kappa shape index (κ2) is 6.07. The maximum atomic E-state index is 9.14. The molecule has 4 heteroatoms. The Balaban J connectivity index is 2.35. The van der Waals surface area contributed by atoms with E-state index in [4.69, 9.17) is 14.4 Å². The molecule has 0 fully saturated rings. The molecule has 0 aliphatic rings. The minimum atomic E-state index is 0.341. The summed E-state index contributed by atoms with van der Waals surface area (Å²) in [7, 11) is 0. The summed E-state index contributed by atoms with van der Waals surface area (Å²) in [4.78, 5) is 4.28. The van der Waals surface area contributed by atoms with E-state index in [0.29, 0.717) is 23.8 Å². The molecule has 0 spiro atoms. The number of aliphatic imine (C=N–C) groups is 1. The van der Waals surface area contributed by atoms with E-state index in [2.05, 4.69) is 11.1 Å². The molecule has 0 N–H and O–H groups in total. The number of hydrogen-bond donors (Lipinski definition) is 0. The molecule has 0 amide bonds. The molecule has 0 atom stereocenters. The summed E-state index contributed by atoms with van der Waals surface area (Å²) in [6.45, 7) is 6.20. The molecule has 0 bridgehead atoms. The first-order valence-corrected chi connectivity index (χ1v) is 6.43. The molecule has 0 saturated carbocycles. The standard InChI is InChI=1S/C16H16N2O2/c1-4-19-15-8-6-5-7-13(15)10-18-16-14(9-17)11(2)12(3)20-16/h5-8,10H,4H2,1-3H3. The van der Waals surface area contributed by atoms with Crippen molar-refractivity contribution in [2.45, 2.75) is 20.8 Å². The van der Waals surface area contributed by atoms with Gasteiger partial charge in [-0.25, -0.2) is 4.99 Å². The number of benzene rings is 1. The Morgan fingerprint density at radius 1 is 1.35 bits per heavy atom. The van der Waals surface area contributed by atoms with Crippen molar-refractivity contribution in [2.75, 3.05) is 6.61 Å². The van der Waals surface area contributed by atoms with Gasteiger partial charge in [-0.3, -0.25) is 0 Å². The monoisotopic (exact) mass is 268 g/mol. The van der Waals surface area contributed by atoms with E-state index >= 15 is 0 Å². The normalized spacial score (nSPS) is 10.7. The van der Waals surface area contributed by atoms with Crippen molar-refractivity contribution in [1.82, 2.24) is 0 Å². The molecular weight excluding hydrogens is 252 g/mol. The molecule has 1 aromatic heterocycles. The topological polar surface area (TPSA) is 58.5 Å². The van der Waals surface area contributed by atoms with Crippen LogP contribution in [-0.4, -0.2) is 12.8 Å². The van der Waals surface area contributed by atoms with Gasteiger partial charge < -0.3 is 9.15 Å². The van der Waals surface area contributed by atoms with Crippen molar-refractivity contribution < 1.29 is 9.15 Å². The molecule has 2 aromatic rings. The van der Waals surface area contributed by atoms with E-state index in [1.165, 1.54) is 0 Å². The highest BCUT2D eigenvalue weighted by Crippen LogP contribution is 2.28. The maximum Gasteiger partial charge on any atom is 0.237 e. The third kappa shape index (κ3) is 2.72. The van der Waals surface area contributed by atoms with E-state index in [1.807, 2.05) is 45.0 Å². The highest BCUT2D eigenvalue weighted by molar-refractivity contribution is 5.85. The van der Waals surface area contributed by atoms with E-state index < -0.39 is 0 Å².